The molecule has 0 atom stereocenters. The smallest absolute Gasteiger partial charge is 0.123 e. The molecule has 0 spiro atoms. The van der Waals surface area contributed by atoms with E-state index in [1.807, 2.05) is 6.07 Å². The van der Waals surface area contributed by atoms with Crippen LogP contribution in [0.5, 0.6) is 0 Å². The Morgan fingerprint density at radius 3 is 2.84 bits per heavy atom. The molecule has 1 heterocycles. The molecule has 1 aromatic rings. The minimum absolute atomic E-state index is 0.148. The third-order valence-electron chi connectivity index (χ3n) is 3.41. The minimum atomic E-state index is -0.148. The number of nitrogens with one attached hydrogen (secondary N) is 1. The molecule has 0 unspecified atom stereocenters. The summed E-state index contributed by atoms with van der Waals surface area (Å²) >= 11 is 0. The predicted octanol–water partition coefficient (Wildman–Crippen LogP) is 1.68. The van der Waals surface area contributed by atoms with E-state index in [1.165, 1.54) is 6.07 Å². The summed E-state index contributed by atoms with van der Waals surface area (Å²) in [6.45, 7) is 6.92. The first-order valence-electron chi connectivity index (χ1n) is 7.10. The first-order chi connectivity index (χ1) is 9.34. The second-order valence-corrected chi connectivity index (χ2v) is 4.94. The maximum absolute atomic E-state index is 13.0. The van der Waals surface area contributed by atoms with E-state index < -0.39 is 0 Å². The molecule has 0 saturated carbocycles. The number of ether oxygens (including phenoxy) is 1. The zero-order valence-corrected chi connectivity index (χ0v) is 11.4. The van der Waals surface area contributed by atoms with Gasteiger partial charge in [0.2, 0.25) is 0 Å². The topological polar surface area (TPSA) is 24.5 Å². The summed E-state index contributed by atoms with van der Waals surface area (Å²) in [5.74, 6) is -0.148. The fraction of sp³-hybridized carbons (Fsp3) is 0.600. The lowest BCUT2D eigenvalue weighted by atomic mass is 10.1. The Hall–Kier alpha value is -0.970. The van der Waals surface area contributed by atoms with Crippen molar-refractivity contribution in [3.8, 4) is 0 Å². The van der Waals surface area contributed by atoms with E-state index >= 15 is 0 Å². The summed E-state index contributed by atoms with van der Waals surface area (Å²) in [4.78, 5) is 2.44. The normalized spacial score (nSPS) is 16.7. The van der Waals surface area contributed by atoms with Crippen molar-refractivity contribution in [2.45, 2.75) is 12.8 Å². The Bertz CT molecular complexity index is 367. The van der Waals surface area contributed by atoms with Crippen LogP contribution in [-0.2, 0) is 11.2 Å². The van der Waals surface area contributed by atoms with Crippen LogP contribution in [0.15, 0.2) is 24.3 Å². The number of hydrogen-bond donors (Lipinski definition) is 1. The number of benzene rings is 1. The average Bonchev–Trinajstić information content (AvgIpc) is 2.44. The molecule has 106 valence electrons. The Morgan fingerprint density at radius 1 is 1.21 bits per heavy atom. The number of halogens is 1. The molecule has 1 N–H and O–H groups in total. The summed E-state index contributed by atoms with van der Waals surface area (Å²) in [5.41, 5.74) is 1.06. The van der Waals surface area contributed by atoms with E-state index in [0.29, 0.717) is 0 Å². The second kappa shape index (κ2) is 8.25. The lowest BCUT2D eigenvalue weighted by molar-refractivity contribution is 0.0375. The highest BCUT2D eigenvalue weighted by atomic mass is 19.1. The van der Waals surface area contributed by atoms with Crippen LogP contribution < -0.4 is 5.32 Å². The zero-order valence-electron chi connectivity index (χ0n) is 11.4. The van der Waals surface area contributed by atoms with Crippen molar-refractivity contribution in [3.63, 3.8) is 0 Å². The fourth-order valence-electron chi connectivity index (χ4n) is 2.30. The Morgan fingerprint density at radius 2 is 2.05 bits per heavy atom. The maximum Gasteiger partial charge on any atom is 0.123 e. The number of nitrogens with zero attached hydrogens (tertiary/aromatic N) is 1. The molecular weight excluding hydrogens is 243 g/mol. The lowest BCUT2D eigenvalue weighted by Gasteiger charge is -2.26. The Balaban J connectivity index is 1.50. The molecule has 1 fully saturated rings. The van der Waals surface area contributed by atoms with Gasteiger partial charge in [0, 0.05) is 13.1 Å². The lowest BCUT2D eigenvalue weighted by Crippen LogP contribution is -2.37. The van der Waals surface area contributed by atoms with Gasteiger partial charge in [-0.1, -0.05) is 12.1 Å². The van der Waals surface area contributed by atoms with Gasteiger partial charge in [-0.3, -0.25) is 4.90 Å². The molecule has 2 rings (SSSR count). The van der Waals surface area contributed by atoms with Crippen molar-refractivity contribution in [1.29, 1.82) is 0 Å². The molecular formula is C15H23FN2O. The molecule has 1 aromatic carbocycles. The van der Waals surface area contributed by atoms with Gasteiger partial charge in [0.1, 0.15) is 5.82 Å². The monoisotopic (exact) mass is 266 g/mol. The second-order valence-electron chi connectivity index (χ2n) is 4.94. The van der Waals surface area contributed by atoms with Gasteiger partial charge in [0.05, 0.1) is 13.2 Å². The van der Waals surface area contributed by atoms with Crippen molar-refractivity contribution >= 4 is 0 Å². The highest BCUT2D eigenvalue weighted by Crippen LogP contribution is 2.03. The van der Waals surface area contributed by atoms with Crippen molar-refractivity contribution in [3.05, 3.63) is 35.6 Å². The van der Waals surface area contributed by atoms with E-state index in [9.17, 15) is 4.39 Å². The van der Waals surface area contributed by atoms with E-state index in [4.69, 9.17) is 4.74 Å². The van der Waals surface area contributed by atoms with Gasteiger partial charge in [0.15, 0.2) is 0 Å². The van der Waals surface area contributed by atoms with Gasteiger partial charge in [-0.05, 0) is 50.2 Å². The van der Waals surface area contributed by atoms with Crippen LogP contribution >= 0.6 is 0 Å². The van der Waals surface area contributed by atoms with Crippen molar-refractivity contribution in [2.24, 2.45) is 0 Å². The van der Waals surface area contributed by atoms with Crippen LogP contribution in [0.2, 0.25) is 0 Å². The predicted molar refractivity (Wildman–Crippen MR) is 74.8 cm³/mol. The van der Waals surface area contributed by atoms with Gasteiger partial charge in [-0.2, -0.15) is 0 Å². The average molecular weight is 266 g/mol. The molecule has 0 bridgehead atoms. The van der Waals surface area contributed by atoms with E-state index in [2.05, 4.69) is 10.2 Å². The van der Waals surface area contributed by atoms with Crippen molar-refractivity contribution < 1.29 is 9.13 Å². The largest absolute Gasteiger partial charge is 0.379 e. The molecule has 0 aromatic heterocycles. The Labute approximate surface area is 114 Å². The molecule has 1 aliphatic heterocycles. The van der Waals surface area contributed by atoms with Crippen LogP contribution in [0.25, 0.3) is 0 Å². The fourth-order valence-corrected chi connectivity index (χ4v) is 2.30. The van der Waals surface area contributed by atoms with E-state index in [-0.39, 0.29) is 5.82 Å². The first kappa shape index (κ1) is 14.4. The first-order valence-corrected chi connectivity index (χ1v) is 7.10. The summed E-state index contributed by atoms with van der Waals surface area (Å²) in [5, 5.41) is 3.41. The van der Waals surface area contributed by atoms with Gasteiger partial charge < -0.3 is 10.1 Å². The number of rotatable bonds is 7. The van der Waals surface area contributed by atoms with Gasteiger partial charge >= 0.3 is 0 Å². The maximum atomic E-state index is 13.0. The molecule has 0 amide bonds. The van der Waals surface area contributed by atoms with Crippen LogP contribution in [-0.4, -0.2) is 50.8 Å². The molecule has 0 radical (unpaired) electrons. The number of hydrogen-bond acceptors (Lipinski definition) is 3. The quantitative estimate of drug-likeness (QED) is 0.760. The summed E-state index contributed by atoms with van der Waals surface area (Å²) in [6.07, 6.45) is 2.04. The van der Waals surface area contributed by atoms with Crippen LogP contribution in [0.3, 0.4) is 0 Å². The zero-order chi connectivity index (χ0) is 13.3. The molecule has 19 heavy (non-hydrogen) atoms. The Kier molecular flexibility index (Phi) is 6.27. The van der Waals surface area contributed by atoms with Crippen molar-refractivity contribution in [2.75, 3.05) is 45.9 Å². The van der Waals surface area contributed by atoms with Crippen LogP contribution in [0.4, 0.5) is 4.39 Å². The number of morpholine rings is 1. The molecule has 3 nitrogen and oxygen atoms in total. The van der Waals surface area contributed by atoms with Crippen LogP contribution in [0.1, 0.15) is 12.0 Å². The standard InChI is InChI=1S/C15H23FN2O/c16-15-4-1-3-14(13-15)5-7-17-6-2-8-18-9-11-19-12-10-18/h1,3-4,13,17H,2,5-12H2. The van der Waals surface area contributed by atoms with Gasteiger partial charge in [-0.25, -0.2) is 4.39 Å². The van der Waals surface area contributed by atoms with E-state index in [0.717, 1.165) is 64.3 Å². The van der Waals surface area contributed by atoms with Crippen LogP contribution in [0, 0.1) is 5.82 Å². The van der Waals surface area contributed by atoms with E-state index in [1.54, 1.807) is 12.1 Å². The third-order valence-corrected chi connectivity index (χ3v) is 3.41. The van der Waals surface area contributed by atoms with Gasteiger partial charge in [0.25, 0.3) is 0 Å². The third kappa shape index (κ3) is 5.68. The minimum Gasteiger partial charge on any atom is -0.379 e. The summed E-state index contributed by atoms with van der Waals surface area (Å²) < 4.78 is 18.3. The highest BCUT2D eigenvalue weighted by molar-refractivity contribution is 5.16. The summed E-state index contributed by atoms with van der Waals surface area (Å²) in [7, 11) is 0. The molecule has 4 heteroatoms. The molecule has 1 aliphatic rings. The molecule has 1 saturated heterocycles. The van der Waals surface area contributed by atoms with Crippen molar-refractivity contribution in [1.82, 2.24) is 10.2 Å². The molecule has 0 aliphatic carbocycles. The summed E-state index contributed by atoms with van der Waals surface area (Å²) in [6, 6.07) is 6.83. The highest BCUT2D eigenvalue weighted by Gasteiger charge is 2.08. The SMILES string of the molecule is Fc1cccc(CCNCCCN2CCOCC2)c1. The van der Waals surface area contributed by atoms with Gasteiger partial charge in [-0.15, -0.1) is 0 Å².